The van der Waals surface area contributed by atoms with E-state index < -0.39 is 0 Å². The van der Waals surface area contributed by atoms with E-state index in [0.29, 0.717) is 0 Å². The largest absolute Gasteiger partial charge is 0.250 e. The second-order valence-corrected chi connectivity index (χ2v) is 4.82. The van der Waals surface area contributed by atoms with Crippen LogP contribution in [0.5, 0.6) is 0 Å². The Bertz CT molecular complexity index is 348. The lowest BCUT2D eigenvalue weighted by atomic mass is 9.94. The molecule has 0 spiro atoms. The Kier molecular flexibility index (Phi) is 1.66. The van der Waals surface area contributed by atoms with Gasteiger partial charge in [-0.3, -0.25) is 0 Å². The number of thioether (sulfide) groups is 1. The van der Waals surface area contributed by atoms with Crippen LogP contribution in [0, 0.1) is 0 Å². The topological polar surface area (TPSA) is 12.9 Å². The van der Waals surface area contributed by atoms with Gasteiger partial charge in [-0.15, -0.1) is 11.8 Å². The van der Waals surface area contributed by atoms with Crippen molar-refractivity contribution in [1.82, 2.24) is 4.98 Å². The summed E-state index contributed by atoms with van der Waals surface area (Å²) < 4.78 is 0. The maximum absolute atomic E-state index is 4.45. The van der Waals surface area contributed by atoms with Crippen LogP contribution in [0.1, 0.15) is 42.2 Å². The van der Waals surface area contributed by atoms with Crippen LogP contribution in [0.25, 0.3) is 0 Å². The molecule has 2 aliphatic carbocycles. The predicted molar refractivity (Wildman–Crippen MR) is 55.4 cm³/mol. The summed E-state index contributed by atoms with van der Waals surface area (Å²) in [6.45, 7) is 0. The van der Waals surface area contributed by atoms with Crippen LogP contribution in [0.4, 0.5) is 0 Å². The van der Waals surface area contributed by atoms with Crippen molar-refractivity contribution < 1.29 is 0 Å². The highest BCUT2D eigenvalue weighted by molar-refractivity contribution is 7.98. The van der Waals surface area contributed by atoms with Gasteiger partial charge in [-0.2, -0.15) is 0 Å². The van der Waals surface area contributed by atoms with Crippen molar-refractivity contribution in [1.29, 1.82) is 0 Å². The fourth-order valence-electron chi connectivity index (χ4n) is 2.92. The highest BCUT2D eigenvalue weighted by Crippen LogP contribution is 2.54. The minimum Gasteiger partial charge on any atom is -0.250 e. The Morgan fingerprint density at radius 3 is 3.08 bits per heavy atom. The maximum Gasteiger partial charge on any atom is 0.0994 e. The SMILES string of the molecule is CSc1nccc2c1[C@H]1CC[C@@H]2C1. The molecule has 2 bridgehead atoms. The lowest BCUT2D eigenvalue weighted by molar-refractivity contribution is 0.696. The molecule has 1 fully saturated rings. The molecule has 13 heavy (non-hydrogen) atoms. The fourth-order valence-corrected chi connectivity index (χ4v) is 3.59. The van der Waals surface area contributed by atoms with Crippen molar-refractivity contribution in [3.05, 3.63) is 23.4 Å². The summed E-state index contributed by atoms with van der Waals surface area (Å²) in [5.41, 5.74) is 3.20. The molecule has 0 saturated heterocycles. The third-order valence-corrected chi connectivity index (χ3v) is 4.17. The fraction of sp³-hybridized carbons (Fsp3) is 0.545. The molecule has 1 heterocycles. The first kappa shape index (κ1) is 7.86. The molecule has 2 atom stereocenters. The molecular formula is C11H13NS. The van der Waals surface area contributed by atoms with E-state index in [-0.39, 0.29) is 0 Å². The molecule has 1 aromatic rings. The van der Waals surface area contributed by atoms with Gasteiger partial charge in [0.05, 0.1) is 5.03 Å². The van der Waals surface area contributed by atoms with Crippen molar-refractivity contribution in [3.63, 3.8) is 0 Å². The second-order valence-electron chi connectivity index (χ2n) is 4.03. The summed E-state index contributed by atoms with van der Waals surface area (Å²) in [6.07, 6.45) is 8.32. The van der Waals surface area contributed by atoms with Gasteiger partial charge in [-0.1, -0.05) is 0 Å². The van der Waals surface area contributed by atoms with Gasteiger partial charge in [-0.05, 0) is 54.5 Å². The Hall–Kier alpha value is -0.500. The number of rotatable bonds is 1. The zero-order valence-electron chi connectivity index (χ0n) is 7.79. The maximum atomic E-state index is 4.45. The summed E-state index contributed by atoms with van der Waals surface area (Å²) in [4.78, 5) is 4.45. The molecule has 0 amide bonds. The highest BCUT2D eigenvalue weighted by atomic mass is 32.2. The third kappa shape index (κ3) is 0.983. The molecule has 0 aromatic carbocycles. The quantitative estimate of drug-likeness (QED) is 0.632. The van der Waals surface area contributed by atoms with Crippen molar-refractivity contribution in [2.45, 2.75) is 36.1 Å². The van der Waals surface area contributed by atoms with Crippen LogP contribution in [0.3, 0.4) is 0 Å². The number of hydrogen-bond acceptors (Lipinski definition) is 2. The van der Waals surface area contributed by atoms with Crippen LogP contribution < -0.4 is 0 Å². The van der Waals surface area contributed by atoms with Gasteiger partial charge < -0.3 is 0 Å². The van der Waals surface area contributed by atoms with E-state index in [0.717, 1.165) is 11.8 Å². The highest BCUT2D eigenvalue weighted by Gasteiger charge is 2.38. The molecule has 2 heteroatoms. The van der Waals surface area contributed by atoms with E-state index in [2.05, 4.69) is 17.3 Å². The zero-order valence-corrected chi connectivity index (χ0v) is 8.60. The normalized spacial score (nSPS) is 29.3. The van der Waals surface area contributed by atoms with Gasteiger partial charge >= 0.3 is 0 Å². The standard InChI is InChI=1S/C11H13NS/c1-13-11-10-8-3-2-7(6-8)9(10)4-5-12-11/h4-5,7-8H,2-3,6H2,1H3/t7-,8+/m1/s1. The van der Waals surface area contributed by atoms with Gasteiger partial charge in [0, 0.05) is 6.20 Å². The number of hydrogen-bond donors (Lipinski definition) is 0. The van der Waals surface area contributed by atoms with Crippen molar-refractivity contribution in [2.75, 3.05) is 6.26 Å². The first-order valence-electron chi connectivity index (χ1n) is 4.93. The molecular weight excluding hydrogens is 178 g/mol. The third-order valence-electron chi connectivity index (χ3n) is 3.46. The summed E-state index contributed by atoms with van der Waals surface area (Å²) in [5.74, 6) is 1.71. The van der Waals surface area contributed by atoms with Crippen LogP contribution >= 0.6 is 11.8 Å². The smallest absolute Gasteiger partial charge is 0.0994 e. The number of aromatic nitrogens is 1. The van der Waals surface area contributed by atoms with E-state index in [1.54, 1.807) is 22.9 Å². The van der Waals surface area contributed by atoms with Gasteiger partial charge in [0.15, 0.2) is 0 Å². The van der Waals surface area contributed by atoms with E-state index in [9.17, 15) is 0 Å². The minimum absolute atomic E-state index is 0.844. The van der Waals surface area contributed by atoms with E-state index >= 15 is 0 Å². The summed E-state index contributed by atoms with van der Waals surface area (Å²) in [6, 6.07) is 2.24. The molecule has 2 aliphatic rings. The lowest BCUT2D eigenvalue weighted by Gasteiger charge is -2.16. The monoisotopic (exact) mass is 191 g/mol. The summed E-state index contributed by atoms with van der Waals surface area (Å²) in [7, 11) is 0. The number of nitrogens with zero attached hydrogens (tertiary/aromatic N) is 1. The molecule has 1 aromatic heterocycles. The lowest BCUT2D eigenvalue weighted by Crippen LogP contribution is -2.00. The summed E-state index contributed by atoms with van der Waals surface area (Å²) >= 11 is 1.80. The van der Waals surface area contributed by atoms with Crippen LogP contribution in [-0.4, -0.2) is 11.2 Å². The molecule has 1 nitrogen and oxygen atoms in total. The second kappa shape index (κ2) is 2.74. The van der Waals surface area contributed by atoms with E-state index in [1.807, 2.05) is 6.20 Å². The molecule has 1 saturated carbocycles. The van der Waals surface area contributed by atoms with E-state index in [1.165, 1.54) is 24.3 Å². The molecule has 0 radical (unpaired) electrons. The Labute approximate surface area is 83.0 Å². The molecule has 3 rings (SSSR count). The van der Waals surface area contributed by atoms with Gasteiger partial charge in [-0.25, -0.2) is 4.98 Å². The van der Waals surface area contributed by atoms with Crippen molar-refractivity contribution in [3.8, 4) is 0 Å². The average Bonchev–Trinajstić information content (AvgIpc) is 2.77. The first-order valence-corrected chi connectivity index (χ1v) is 6.15. The Morgan fingerprint density at radius 1 is 1.38 bits per heavy atom. The molecule has 68 valence electrons. The van der Waals surface area contributed by atoms with Gasteiger partial charge in [0.25, 0.3) is 0 Å². The molecule has 0 aliphatic heterocycles. The van der Waals surface area contributed by atoms with Crippen LogP contribution in [0.2, 0.25) is 0 Å². The number of fused-ring (bicyclic) bond motifs is 5. The molecule has 0 unspecified atom stereocenters. The summed E-state index contributed by atoms with van der Waals surface area (Å²) in [5, 5.41) is 1.28. The zero-order chi connectivity index (χ0) is 8.84. The predicted octanol–water partition coefficient (Wildman–Crippen LogP) is 3.17. The van der Waals surface area contributed by atoms with Crippen molar-refractivity contribution >= 4 is 11.8 Å². The Balaban J connectivity index is 2.20. The average molecular weight is 191 g/mol. The minimum atomic E-state index is 0.844. The van der Waals surface area contributed by atoms with Crippen molar-refractivity contribution in [2.24, 2.45) is 0 Å². The first-order chi connectivity index (χ1) is 6.40. The van der Waals surface area contributed by atoms with Gasteiger partial charge in [0.2, 0.25) is 0 Å². The van der Waals surface area contributed by atoms with Crippen LogP contribution in [-0.2, 0) is 0 Å². The Morgan fingerprint density at radius 2 is 2.23 bits per heavy atom. The van der Waals surface area contributed by atoms with E-state index in [4.69, 9.17) is 0 Å². The molecule has 0 N–H and O–H groups in total. The van der Waals surface area contributed by atoms with Crippen LogP contribution in [0.15, 0.2) is 17.3 Å². The number of pyridine rings is 1. The van der Waals surface area contributed by atoms with Gasteiger partial charge in [0.1, 0.15) is 0 Å².